The van der Waals surface area contributed by atoms with Crippen molar-refractivity contribution in [2.45, 2.75) is 19.5 Å². The number of amides is 1. The number of aliphatic hydroxyl groups is 1. The first-order valence-corrected chi connectivity index (χ1v) is 9.19. The number of benzene rings is 2. The first-order chi connectivity index (χ1) is 14.4. The Balaban J connectivity index is 1.87. The fourth-order valence-electron chi connectivity index (χ4n) is 3.55. The molecule has 7 heteroatoms. The second-order valence-electron chi connectivity index (χ2n) is 7.02. The maximum absolute atomic E-state index is 13.7. The summed E-state index contributed by atoms with van der Waals surface area (Å²) < 4.78 is 32.4. The number of carbonyl (C=O) groups is 2. The van der Waals surface area contributed by atoms with Gasteiger partial charge in [-0.05, 0) is 60.5 Å². The van der Waals surface area contributed by atoms with Gasteiger partial charge in [0.05, 0.1) is 24.4 Å². The molecule has 1 aliphatic rings. The number of halogens is 2. The minimum Gasteiger partial charge on any atom is -0.507 e. The first kappa shape index (κ1) is 19.6. The second-order valence-corrected chi connectivity index (χ2v) is 7.02. The number of ketones is 1. The smallest absolute Gasteiger partial charge is 0.296 e. The Labute approximate surface area is 170 Å². The minimum absolute atomic E-state index is 0.0150. The third-order valence-electron chi connectivity index (χ3n) is 5.06. The lowest BCUT2D eigenvalue weighted by molar-refractivity contribution is -0.140. The van der Waals surface area contributed by atoms with Gasteiger partial charge in [-0.25, -0.2) is 8.78 Å². The number of furan rings is 1. The average Bonchev–Trinajstić information content (AvgIpc) is 3.33. The monoisotopic (exact) mass is 409 g/mol. The van der Waals surface area contributed by atoms with Crippen molar-refractivity contribution in [1.82, 2.24) is 4.90 Å². The van der Waals surface area contributed by atoms with Crippen molar-refractivity contribution in [2.75, 3.05) is 0 Å². The molecule has 5 nitrogen and oxygen atoms in total. The van der Waals surface area contributed by atoms with Gasteiger partial charge in [-0.1, -0.05) is 12.1 Å². The molecule has 2 heterocycles. The molecule has 0 bridgehead atoms. The molecule has 1 aliphatic heterocycles. The molecule has 1 amide bonds. The van der Waals surface area contributed by atoms with Gasteiger partial charge in [0.25, 0.3) is 11.7 Å². The van der Waals surface area contributed by atoms with Crippen molar-refractivity contribution < 1.29 is 27.9 Å². The van der Waals surface area contributed by atoms with E-state index in [1.54, 1.807) is 12.1 Å². The summed E-state index contributed by atoms with van der Waals surface area (Å²) in [7, 11) is 0. The molecule has 0 spiro atoms. The molecule has 3 aromatic rings. The average molecular weight is 409 g/mol. The zero-order valence-corrected chi connectivity index (χ0v) is 15.9. The number of nitrogens with zero attached hydrogens (tertiary/aromatic N) is 1. The summed E-state index contributed by atoms with van der Waals surface area (Å²) in [5.74, 6) is -2.61. The Kier molecular flexibility index (Phi) is 4.95. The molecular formula is C23H17F2NO4. The van der Waals surface area contributed by atoms with Gasteiger partial charge in [0.1, 0.15) is 23.2 Å². The van der Waals surface area contributed by atoms with Crippen LogP contribution in [0.5, 0.6) is 0 Å². The number of aliphatic hydroxyl groups excluding tert-OH is 1. The molecule has 0 saturated carbocycles. The first-order valence-electron chi connectivity index (χ1n) is 9.19. The maximum atomic E-state index is 13.7. The maximum Gasteiger partial charge on any atom is 0.296 e. The number of hydrogen-bond acceptors (Lipinski definition) is 4. The normalized spacial score (nSPS) is 18.2. The lowest BCUT2D eigenvalue weighted by atomic mass is 9.95. The van der Waals surface area contributed by atoms with Crippen LogP contribution in [-0.2, 0) is 16.1 Å². The van der Waals surface area contributed by atoms with Crippen LogP contribution >= 0.6 is 0 Å². The quantitative estimate of drug-likeness (QED) is 0.392. The van der Waals surface area contributed by atoms with E-state index in [4.69, 9.17) is 4.42 Å². The van der Waals surface area contributed by atoms with Crippen LogP contribution in [0.3, 0.4) is 0 Å². The van der Waals surface area contributed by atoms with Crippen LogP contribution in [0.15, 0.2) is 70.9 Å². The van der Waals surface area contributed by atoms with Crippen molar-refractivity contribution >= 4 is 17.4 Å². The molecule has 1 atom stereocenters. The van der Waals surface area contributed by atoms with Crippen molar-refractivity contribution in [1.29, 1.82) is 0 Å². The van der Waals surface area contributed by atoms with E-state index < -0.39 is 35.1 Å². The third-order valence-corrected chi connectivity index (χ3v) is 5.06. The molecule has 1 fully saturated rings. The van der Waals surface area contributed by atoms with E-state index in [-0.39, 0.29) is 23.2 Å². The summed E-state index contributed by atoms with van der Waals surface area (Å²) in [4.78, 5) is 26.9. The Hall–Kier alpha value is -3.74. The molecule has 1 N–H and O–H groups in total. The summed E-state index contributed by atoms with van der Waals surface area (Å²) in [6.45, 7) is 1.51. The third kappa shape index (κ3) is 3.39. The van der Waals surface area contributed by atoms with Crippen LogP contribution in [0.2, 0.25) is 0 Å². The Morgan fingerprint density at radius 2 is 1.83 bits per heavy atom. The van der Waals surface area contributed by atoms with Gasteiger partial charge < -0.3 is 14.4 Å². The topological polar surface area (TPSA) is 70.8 Å². The second kappa shape index (κ2) is 7.59. The van der Waals surface area contributed by atoms with Crippen LogP contribution in [0.4, 0.5) is 8.78 Å². The Morgan fingerprint density at radius 3 is 2.47 bits per heavy atom. The number of Topliss-reactive ketones (excluding diaryl/α,β-unsaturated/α-hetero) is 1. The highest BCUT2D eigenvalue weighted by Gasteiger charge is 2.46. The molecule has 30 heavy (non-hydrogen) atoms. The van der Waals surface area contributed by atoms with Crippen LogP contribution < -0.4 is 0 Å². The van der Waals surface area contributed by atoms with Crippen LogP contribution in [-0.4, -0.2) is 21.7 Å². The number of likely N-dealkylation sites (tertiary alicyclic amines) is 1. The van der Waals surface area contributed by atoms with Gasteiger partial charge in [-0.3, -0.25) is 9.59 Å². The molecule has 1 aromatic heterocycles. The highest BCUT2D eigenvalue weighted by Crippen LogP contribution is 2.40. The summed E-state index contributed by atoms with van der Waals surface area (Å²) in [6.07, 6.45) is 1.44. The van der Waals surface area contributed by atoms with E-state index in [0.29, 0.717) is 11.3 Å². The zero-order valence-electron chi connectivity index (χ0n) is 15.9. The van der Waals surface area contributed by atoms with Crippen LogP contribution in [0.1, 0.15) is 28.5 Å². The largest absolute Gasteiger partial charge is 0.507 e. The van der Waals surface area contributed by atoms with Crippen LogP contribution in [0, 0.1) is 18.6 Å². The number of hydrogen-bond donors (Lipinski definition) is 1. The molecule has 0 radical (unpaired) electrons. The van der Waals surface area contributed by atoms with Crippen molar-refractivity contribution in [3.8, 4) is 0 Å². The van der Waals surface area contributed by atoms with E-state index in [2.05, 4.69) is 0 Å². The van der Waals surface area contributed by atoms with Gasteiger partial charge in [0.2, 0.25) is 0 Å². The number of carbonyl (C=O) groups excluding carboxylic acids is 2. The Morgan fingerprint density at radius 1 is 1.10 bits per heavy atom. The van der Waals surface area contributed by atoms with Gasteiger partial charge in [0.15, 0.2) is 0 Å². The lowest BCUT2D eigenvalue weighted by Crippen LogP contribution is -2.29. The fourth-order valence-corrected chi connectivity index (χ4v) is 3.55. The lowest BCUT2D eigenvalue weighted by Gasteiger charge is -2.24. The van der Waals surface area contributed by atoms with E-state index in [9.17, 15) is 23.5 Å². The summed E-state index contributed by atoms with van der Waals surface area (Å²) >= 11 is 0. The molecular weight excluding hydrogens is 392 g/mol. The van der Waals surface area contributed by atoms with Crippen LogP contribution in [0.25, 0.3) is 5.76 Å². The molecule has 2 aromatic carbocycles. The highest BCUT2D eigenvalue weighted by atomic mass is 19.1. The SMILES string of the molecule is Cc1cc(/C(O)=C2/C(=O)C(=O)N(Cc3ccco3)C2c2ccc(F)cc2)ccc1F. The van der Waals surface area contributed by atoms with Gasteiger partial charge >= 0.3 is 0 Å². The molecule has 1 unspecified atom stereocenters. The minimum atomic E-state index is -0.957. The van der Waals surface area contributed by atoms with E-state index in [1.165, 1.54) is 60.6 Å². The summed E-state index contributed by atoms with van der Waals surface area (Å²) in [5, 5.41) is 10.9. The Bertz CT molecular complexity index is 1150. The molecule has 152 valence electrons. The number of aryl methyl sites for hydroxylation is 1. The molecule has 4 rings (SSSR count). The van der Waals surface area contributed by atoms with E-state index >= 15 is 0 Å². The van der Waals surface area contributed by atoms with Gasteiger partial charge in [0, 0.05) is 5.56 Å². The van der Waals surface area contributed by atoms with Crippen molar-refractivity contribution in [3.63, 3.8) is 0 Å². The van der Waals surface area contributed by atoms with E-state index in [1.807, 2.05) is 0 Å². The zero-order chi connectivity index (χ0) is 21.4. The fraction of sp³-hybridized carbons (Fsp3) is 0.130. The van der Waals surface area contributed by atoms with E-state index in [0.717, 1.165) is 0 Å². The van der Waals surface area contributed by atoms with Gasteiger partial charge in [-0.15, -0.1) is 0 Å². The molecule has 0 aliphatic carbocycles. The standard InChI is InChI=1S/C23H17F2NO4/c1-13-11-15(6-9-18(13)25)21(27)19-20(14-4-7-16(24)8-5-14)26(23(29)22(19)28)12-17-3-2-10-30-17/h2-11,20,27H,12H2,1H3/b21-19-. The predicted octanol–water partition coefficient (Wildman–Crippen LogP) is 4.49. The van der Waals surface area contributed by atoms with Crippen molar-refractivity contribution in [3.05, 3.63) is 101 Å². The summed E-state index contributed by atoms with van der Waals surface area (Å²) in [5.41, 5.74) is 0.783. The number of rotatable bonds is 4. The molecule has 1 saturated heterocycles. The van der Waals surface area contributed by atoms with Crippen molar-refractivity contribution in [2.24, 2.45) is 0 Å². The van der Waals surface area contributed by atoms with Gasteiger partial charge in [-0.2, -0.15) is 0 Å². The predicted molar refractivity (Wildman–Crippen MR) is 104 cm³/mol. The highest BCUT2D eigenvalue weighted by molar-refractivity contribution is 6.46. The summed E-state index contributed by atoms with van der Waals surface area (Å²) in [6, 6.07) is 11.6.